The van der Waals surface area contributed by atoms with Crippen molar-refractivity contribution in [2.24, 2.45) is 0 Å². The van der Waals surface area contributed by atoms with Crippen molar-refractivity contribution < 1.29 is 9.53 Å². The summed E-state index contributed by atoms with van der Waals surface area (Å²) in [5.41, 5.74) is 1.03. The van der Waals surface area contributed by atoms with Crippen LogP contribution >= 0.6 is 0 Å². The molecule has 3 heterocycles. The lowest BCUT2D eigenvalue weighted by atomic mass is 10.0. The number of aromatic amines is 1. The highest BCUT2D eigenvalue weighted by molar-refractivity contribution is 6.05. The summed E-state index contributed by atoms with van der Waals surface area (Å²) < 4.78 is 6.11. The zero-order valence-electron chi connectivity index (χ0n) is 12.2. The number of esters is 1. The largest absolute Gasteiger partial charge is 0.465 e. The van der Waals surface area contributed by atoms with Gasteiger partial charge in [0.05, 0.1) is 29.4 Å². The number of aryl methyl sites for hydroxylation is 2. The molecule has 0 bridgehead atoms. The third kappa shape index (κ3) is 1.96. The van der Waals surface area contributed by atoms with Gasteiger partial charge in [-0.2, -0.15) is 10.1 Å². The number of H-pyrrole nitrogens is 1. The molecule has 0 atom stereocenters. The second-order valence-corrected chi connectivity index (χ2v) is 4.74. The molecule has 0 amide bonds. The van der Waals surface area contributed by atoms with E-state index in [0.29, 0.717) is 33.7 Å². The summed E-state index contributed by atoms with van der Waals surface area (Å²) in [4.78, 5) is 32.9. The fourth-order valence-corrected chi connectivity index (χ4v) is 2.49. The quantitative estimate of drug-likeness (QED) is 0.705. The molecule has 0 saturated heterocycles. The van der Waals surface area contributed by atoms with Crippen LogP contribution in [0.4, 0.5) is 0 Å². The van der Waals surface area contributed by atoms with E-state index in [1.807, 2.05) is 0 Å². The van der Waals surface area contributed by atoms with Gasteiger partial charge >= 0.3 is 5.97 Å². The van der Waals surface area contributed by atoms with E-state index >= 15 is 0 Å². The Morgan fingerprint density at radius 1 is 1.32 bits per heavy atom. The minimum atomic E-state index is -0.521. The van der Waals surface area contributed by atoms with Crippen molar-refractivity contribution >= 4 is 16.7 Å². The molecule has 0 aliphatic heterocycles. The number of rotatable bonds is 2. The van der Waals surface area contributed by atoms with E-state index in [1.165, 1.54) is 24.2 Å². The van der Waals surface area contributed by atoms with E-state index in [0.717, 1.165) is 0 Å². The number of nitrogens with zero attached hydrogens (tertiary/aromatic N) is 4. The first kappa shape index (κ1) is 13.9. The van der Waals surface area contributed by atoms with Gasteiger partial charge in [0, 0.05) is 11.6 Å². The number of aromatic nitrogens is 5. The maximum absolute atomic E-state index is 12.7. The summed E-state index contributed by atoms with van der Waals surface area (Å²) in [6.45, 7) is 3.43. The van der Waals surface area contributed by atoms with Crippen molar-refractivity contribution in [2.75, 3.05) is 7.11 Å². The predicted octanol–water partition coefficient (Wildman–Crippen LogP) is 0.907. The molecule has 22 heavy (non-hydrogen) atoms. The number of ether oxygens (including phenoxy) is 1. The van der Waals surface area contributed by atoms with E-state index in [-0.39, 0.29) is 5.56 Å². The summed E-state index contributed by atoms with van der Waals surface area (Å²) in [7, 11) is 1.29. The van der Waals surface area contributed by atoms with E-state index < -0.39 is 5.97 Å². The molecule has 0 radical (unpaired) electrons. The smallest absolute Gasteiger partial charge is 0.340 e. The van der Waals surface area contributed by atoms with E-state index in [9.17, 15) is 9.59 Å². The lowest BCUT2D eigenvalue weighted by molar-refractivity contribution is 0.0601. The molecule has 0 aromatic carbocycles. The van der Waals surface area contributed by atoms with Gasteiger partial charge in [0.2, 0.25) is 5.95 Å². The van der Waals surface area contributed by atoms with Gasteiger partial charge < -0.3 is 4.74 Å². The second-order valence-electron chi connectivity index (χ2n) is 4.74. The van der Waals surface area contributed by atoms with Crippen LogP contribution in [0.25, 0.3) is 16.7 Å². The lowest BCUT2D eigenvalue weighted by Gasteiger charge is -2.11. The fraction of sp³-hybridized carbons (Fsp3) is 0.214. The minimum absolute atomic E-state index is 0.296. The van der Waals surface area contributed by atoms with Gasteiger partial charge in [-0.25, -0.2) is 9.89 Å². The first-order valence-electron chi connectivity index (χ1n) is 6.51. The molecule has 0 spiro atoms. The fourth-order valence-electron chi connectivity index (χ4n) is 2.49. The molecule has 0 aliphatic carbocycles. The minimum Gasteiger partial charge on any atom is -0.465 e. The summed E-state index contributed by atoms with van der Waals surface area (Å²) in [6, 6.07) is 1.67. The van der Waals surface area contributed by atoms with Gasteiger partial charge in [0.15, 0.2) is 0 Å². The van der Waals surface area contributed by atoms with Gasteiger partial charge in [-0.15, -0.1) is 0 Å². The average Bonchev–Trinajstić information content (AvgIpc) is 3.00. The number of hydrogen-bond donors (Lipinski definition) is 1. The molecule has 8 nitrogen and oxygen atoms in total. The number of methoxy groups -OCH3 is 1. The van der Waals surface area contributed by atoms with Crippen molar-refractivity contribution in [1.29, 1.82) is 0 Å². The van der Waals surface area contributed by atoms with Crippen LogP contribution in [-0.4, -0.2) is 37.8 Å². The van der Waals surface area contributed by atoms with Crippen LogP contribution in [-0.2, 0) is 4.74 Å². The Morgan fingerprint density at radius 2 is 2.09 bits per heavy atom. The van der Waals surface area contributed by atoms with Crippen LogP contribution in [0.3, 0.4) is 0 Å². The number of nitrogens with one attached hydrogen (secondary N) is 1. The summed E-state index contributed by atoms with van der Waals surface area (Å²) >= 11 is 0. The van der Waals surface area contributed by atoms with Gasteiger partial charge in [0.25, 0.3) is 5.56 Å². The third-order valence-electron chi connectivity index (χ3n) is 3.44. The van der Waals surface area contributed by atoms with E-state index in [2.05, 4.69) is 20.2 Å². The Labute approximate surface area is 124 Å². The molecule has 3 rings (SSSR count). The maximum atomic E-state index is 12.7. The van der Waals surface area contributed by atoms with Crippen molar-refractivity contribution in [2.45, 2.75) is 13.8 Å². The highest BCUT2D eigenvalue weighted by Gasteiger charge is 2.19. The van der Waals surface area contributed by atoms with Crippen LogP contribution in [0.5, 0.6) is 0 Å². The Hall–Kier alpha value is -3.03. The summed E-state index contributed by atoms with van der Waals surface area (Å²) in [5, 5.41) is 7.22. The van der Waals surface area contributed by atoms with Crippen LogP contribution < -0.4 is 5.56 Å². The van der Waals surface area contributed by atoms with Crippen molar-refractivity contribution in [3.63, 3.8) is 0 Å². The van der Waals surface area contributed by atoms with E-state index in [1.54, 1.807) is 19.9 Å². The van der Waals surface area contributed by atoms with Crippen molar-refractivity contribution in [1.82, 2.24) is 24.7 Å². The molecule has 8 heteroatoms. The number of pyridine rings is 2. The number of fused-ring (bicyclic) bond motifs is 1. The molecule has 0 saturated carbocycles. The second kappa shape index (κ2) is 5.06. The topological polar surface area (TPSA) is 103 Å². The molecule has 1 N–H and O–H groups in total. The average molecular weight is 299 g/mol. The molecule has 0 aliphatic rings. The number of carbonyl (C=O) groups excluding carboxylic acids is 1. The molecule has 3 aromatic rings. The Balaban J connectivity index is 2.42. The van der Waals surface area contributed by atoms with Crippen molar-refractivity contribution in [3.05, 3.63) is 45.9 Å². The third-order valence-corrected chi connectivity index (χ3v) is 3.44. The van der Waals surface area contributed by atoms with Gasteiger partial charge in [-0.3, -0.25) is 14.3 Å². The zero-order chi connectivity index (χ0) is 15.9. The van der Waals surface area contributed by atoms with Gasteiger partial charge in [0.1, 0.15) is 6.33 Å². The van der Waals surface area contributed by atoms with Crippen LogP contribution in [0.2, 0.25) is 0 Å². The molecule has 112 valence electrons. The van der Waals surface area contributed by atoms with Crippen molar-refractivity contribution in [3.8, 4) is 5.95 Å². The number of carbonyl (C=O) groups is 1. The number of hydrogen-bond acceptors (Lipinski definition) is 6. The highest BCUT2D eigenvalue weighted by atomic mass is 16.5. The normalized spacial score (nSPS) is 10.9. The standard InChI is InChI=1S/C14H13N5O3/c1-7-10-9(11(8(2)17-7)13(21)22-3)4-5-19(12(10)20)14-15-6-16-18-14/h4-6H,1-3H3,(H,15,16,18). The Kier molecular flexibility index (Phi) is 3.21. The van der Waals surface area contributed by atoms with Crippen LogP contribution in [0, 0.1) is 13.8 Å². The highest BCUT2D eigenvalue weighted by Crippen LogP contribution is 2.22. The zero-order valence-corrected chi connectivity index (χ0v) is 12.2. The van der Waals surface area contributed by atoms with Crippen LogP contribution in [0.1, 0.15) is 21.7 Å². The summed E-state index contributed by atoms with van der Waals surface area (Å²) in [5.74, 6) is -0.224. The predicted molar refractivity (Wildman–Crippen MR) is 78.1 cm³/mol. The monoisotopic (exact) mass is 299 g/mol. The molecule has 0 unspecified atom stereocenters. The van der Waals surface area contributed by atoms with Gasteiger partial charge in [-0.1, -0.05) is 0 Å². The Bertz CT molecular complexity index is 928. The van der Waals surface area contributed by atoms with Gasteiger partial charge in [-0.05, 0) is 19.9 Å². The maximum Gasteiger partial charge on any atom is 0.340 e. The molecular weight excluding hydrogens is 286 g/mol. The van der Waals surface area contributed by atoms with Crippen LogP contribution in [0.15, 0.2) is 23.4 Å². The first-order valence-corrected chi connectivity index (χ1v) is 6.51. The first-order chi connectivity index (χ1) is 10.5. The molecule has 0 fully saturated rings. The summed E-state index contributed by atoms with van der Waals surface area (Å²) in [6.07, 6.45) is 2.85. The lowest BCUT2D eigenvalue weighted by Crippen LogP contribution is -2.21. The van der Waals surface area contributed by atoms with E-state index in [4.69, 9.17) is 4.74 Å². The SMILES string of the molecule is COC(=O)c1c(C)nc(C)c2c(=O)n(-c3ncn[nH]3)ccc12. The Morgan fingerprint density at radius 3 is 2.73 bits per heavy atom. The molecule has 3 aromatic heterocycles. The molecular formula is C14H13N5O3.